The van der Waals surface area contributed by atoms with E-state index < -0.39 is 17.2 Å². The molecule has 0 saturated carbocycles. The van der Waals surface area contributed by atoms with Gasteiger partial charge < -0.3 is 22.6 Å². The Bertz CT molecular complexity index is 2580. The highest BCUT2D eigenvalue weighted by Crippen LogP contribution is 2.49. The fourth-order valence-electron chi connectivity index (χ4n) is 6.36. The quantitative estimate of drug-likeness (QED) is 0.108. The maximum atomic E-state index is 6.64. The molecular formula is C46H33NO6P2. The number of aromatic nitrogens is 1. The molecule has 0 aliphatic carbocycles. The van der Waals surface area contributed by atoms with Gasteiger partial charge in [0.15, 0.2) is 5.75 Å². The Morgan fingerprint density at radius 1 is 0.327 bits per heavy atom. The molecule has 9 rings (SSSR count). The summed E-state index contributed by atoms with van der Waals surface area (Å²) < 4.78 is 39.5. The highest BCUT2D eigenvalue weighted by molar-refractivity contribution is 7.43. The SMILES string of the molecule is c1cnc(COP(Oc2cccc3ccccc23)Oc2cccc3ccccc23)c(OP(Oc2cccc3ccccc23)Oc2cccc3ccccc23)c1. The molecule has 0 bridgehead atoms. The van der Waals surface area contributed by atoms with Gasteiger partial charge in [0.25, 0.3) is 0 Å². The smallest absolute Gasteiger partial charge is 0.417 e. The summed E-state index contributed by atoms with van der Waals surface area (Å²) in [6.07, 6.45) is 1.70. The van der Waals surface area contributed by atoms with E-state index in [1.807, 2.05) is 182 Å². The van der Waals surface area contributed by atoms with E-state index in [4.69, 9.17) is 27.1 Å². The second kappa shape index (κ2) is 16.0. The van der Waals surface area contributed by atoms with Gasteiger partial charge in [0.1, 0.15) is 35.3 Å². The van der Waals surface area contributed by atoms with Crippen LogP contribution in [-0.4, -0.2) is 4.98 Å². The first-order valence-corrected chi connectivity index (χ1v) is 19.9. The monoisotopic (exact) mass is 757 g/mol. The number of pyridine rings is 1. The summed E-state index contributed by atoms with van der Waals surface area (Å²) in [5.41, 5.74) is 0.522. The van der Waals surface area contributed by atoms with E-state index in [-0.39, 0.29) is 6.61 Å². The summed E-state index contributed by atoms with van der Waals surface area (Å²) in [4.78, 5) is 4.68. The molecule has 7 nitrogen and oxygen atoms in total. The topological polar surface area (TPSA) is 68.3 Å². The summed E-state index contributed by atoms with van der Waals surface area (Å²) in [6.45, 7) is 0.0170. The molecule has 0 radical (unpaired) electrons. The molecule has 1 heterocycles. The van der Waals surface area contributed by atoms with E-state index in [0.717, 1.165) is 43.1 Å². The van der Waals surface area contributed by atoms with E-state index in [1.54, 1.807) is 6.20 Å². The number of fused-ring (bicyclic) bond motifs is 4. The van der Waals surface area contributed by atoms with Crippen molar-refractivity contribution in [1.29, 1.82) is 0 Å². The van der Waals surface area contributed by atoms with Crippen LogP contribution in [0.2, 0.25) is 0 Å². The number of benzene rings is 8. The largest absolute Gasteiger partial charge is 0.530 e. The molecule has 55 heavy (non-hydrogen) atoms. The Labute approximate surface area is 320 Å². The fourth-order valence-corrected chi connectivity index (χ4v) is 8.45. The van der Waals surface area contributed by atoms with Crippen LogP contribution in [0.15, 0.2) is 188 Å². The van der Waals surface area contributed by atoms with E-state index in [2.05, 4.69) is 4.98 Å². The van der Waals surface area contributed by atoms with Gasteiger partial charge in [-0.05, 0) is 57.9 Å². The Hall–Kier alpha value is -6.23. The molecule has 0 fully saturated rings. The van der Waals surface area contributed by atoms with Crippen LogP contribution in [0.3, 0.4) is 0 Å². The first kappa shape index (κ1) is 34.5. The van der Waals surface area contributed by atoms with Gasteiger partial charge in [0.05, 0.1) is 0 Å². The van der Waals surface area contributed by atoms with E-state index >= 15 is 0 Å². The number of nitrogens with zero attached hydrogens (tertiary/aromatic N) is 1. The molecule has 9 heteroatoms. The van der Waals surface area contributed by atoms with Crippen LogP contribution >= 0.6 is 17.2 Å². The van der Waals surface area contributed by atoms with Gasteiger partial charge in [-0.25, -0.2) is 0 Å². The molecule has 0 atom stereocenters. The molecule has 0 saturated heterocycles. The van der Waals surface area contributed by atoms with Crippen LogP contribution in [0.5, 0.6) is 28.7 Å². The maximum absolute atomic E-state index is 6.64. The third kappa shape index (κ3) is 7.73. The minimum absolute atomic E-state index is 0.0170. The zero-order valence-electron chi connectivity index (χ0n) is 29.4. The minimum Gasteiger partial charge on any atom is -0.417 e. The third-order valence-corrected chi connectivity index (χ3v) is 11.1. The van der Waals surface area contributed by atoms with Gasteiger partial charge in [-0.1, -0.05) is 146 Å². The van der Waals surface area contributed by atoms with Crippen molar-refractivity contribution in [3.8, 4) is 28.7 Å². The molecule has 0 unspecified atom stereocenters. The van der Waals surface area contributed by atoms with Crippen molar-refractivity contribution in [3.63, 3.8) is 0 Å². The zero-order chi connectivity index (χ0) is 36.8. The first-order valence-electron chi connectivity index (χ1n) is 17.7. The summed E-state index contributed by atoms with van der Waals surface area (Å²) in [7, 11) is -4.04. The summed E-state index contributed by atoms with van der Waals surface area (Å²) >= 11 is 0. The number of rotatable bonds is 13. The minimum atomic E-state index is -2.05. The summed E-state index contributed by atoms with van der Waals surface area (Å²) in [5, 5.41) is 7.97. The number of hydrogen-bond donors (Lipinski definition) is 0. The number of hydrogen-bond acceptors (Lipinski definition) is 7. The van der Waals surface area contributed by atoms with Crippen molar-refractivity contribution >= 4 is 60.3 Å². The predicted molar refractivity (Wildman–Crippen MR) is 222 cm³/mol. The van der Waals surface area contributed by atoms with Crippen LogP contribution in [0.1, 0.15) is 5.69 Å². The van der Waals surface area contributed by atoms with E-state index in [9.17, 15) is 0 Å². The van der Waals surface area contributed by atoms with Gasteiger partial charge in [-0.3, -0.25) is 9.51 Å². The van der Waals surface area contributed by atoms with Crippen molar-refractivity contribution < 1.29 is 27.1 Å². The van der Waals surface area contributed by atoms with Crippen molar-refractivity contribution in [2.24, 2.45) is 0 Å². The molecule has 8 aromatic carbocycles. The zero-order valence-corrected chi connectivity index (χ0v) is 31.2. The van der Waals surface area contributed by atoms with Crippen molar-refractivity contribution in [2.45, 2.75) is 6.61 Å². The lowest BCUT2D eigenvalue weighted by Crippen LogP contribution is -2.07. The summed E-state index contributed by atoms with van der Waals surface area (Å²) in [6, 6.07) is 59.6. The Morgan fingerprint density at radius 3 is 1.07 bits per heavy atom. The van der Waals surface area contributed by atoms with E-state index in [0.29, 0.717) is 34.4 Å². The molecule has 0 N–H and O–H groups in total. The average molecular weight is 758 g/mol. The lowest BCUT2D eigenvalue weighted by molar-refractivity contribution is 0.251. The van der Waals surface area contributed by atoms with Crippen LogP contribution < -0.4 is 22.6 Å². The van der Waals surface area contributed by atoms with Gasteiger partial charge in [-0.2, -0.15) is 0 Å². The predicted octanol–water partition coefficient (Wildman–Crippen LogP) is 13.4. The molecule has 0 spiro atoms. The Morgan fingerprint density at radius 2 is 0.655 bits per heavy atom. The third-order valence-electron chi connectivity index (χ3n) is 9.02. The molecule has 0 amide bonds. The average Bonchev–Trinajstić information content (AvgIpc) is 3.24. The Kier molecular flexibility index (Phi) is 10.1. The normalized spacial score (nSPS) is 11.4. The lowest BCUT2D eigenvalue weighted by atomic mass is 10.1. The second-order valence-electron chi connectivity index (χ2n) is 12.5. The molecular weight excluding hydrogens is 724 g/mol. The second-order valence-corrected chi connectivity index (χ2v) is 14.6. The fraction of sp³-hybridized carbons (Fsp3) is 0.0217. The van der Waals surface area contributed by atoms with Gasteiger partial charge in [-0.15, -0.1) is 0 Å². The van der Waals surface area contributed by atoms with Gasteiger partial charge >= 0.3 is 17.2 Å². The van der Waals surface area contributed by atoms with Crippen LogP contribution in [-0.2, 0) is 11.1 Å². The molecule has 9 aromatic rings. The standard InChI is InChI=1S/C46H33NO6P2/c1-5-22-37-33(14-1)18-9-26-42(37)49-54(50-43-27-10-19-34-15-2-6-23-38(34)43)48-32-41-46(30-13-31-47-41)53-55(51-44-28-11-20-35-16-3-7-24-39(35)44)52-45-29-12-21-36-17-4-8-25-40(36)45/h1-31H,32H2. The van der Waals surface area contributed by atoms with Crippen molar-refractivity contribution in [1.82, 2.24) is 4.98 Å². The molecule has 0 aliphatic heterocycles. The maximum Gasteiger partial charge on any atom is 0.530 e. The molecule has 0 aliphatic rings. The highest BCUT2D eigenvalue weighted by Gasteiger charge is 2.26. The van der Waals surface area contributed by atoms with Crippen molar-refractivity contribution in [3.05, 3.63) is 194 Å². The summed E-state index contributed by atoms with van der Waals surface area (Å²) in [5.74, 6) is 3.03. The highest BCUT2D eigenvalue weighted by atomic mass is 31.2. The van der Waals surface area contributed by atoms with Crippen molar-refractivity contribution in [2.75, 3.05) is 0 Å². The lowest BCUT2D eigenvalue weighted by Gasteiger charge is -2.22. The Balaban J connectivity index is 1.03. The molecule has 1 aromatic heterocycles. The van der Waals surface area contributed by atoms with Gasteiger partial charge in [0.2, 0.25) is 0 Å². The molecule has 268 valence electrons. The first-order chi connectivity index (χ1) is 27.2. The van der Waals surface area contributed by atoms with E-state index in [1.165, 1.54) is 0 Å². The van der Waals surface area contributed by atoms with Gasteiger partial charge in [0, 0.05) is 27.7 Å². The van der Waals surface area contributed by atoms with Crippen LogP contribution in [0.25, 0.3) is 43.1 Å². The van der Waals surface area contributed by atoms with Crippen LogP contribution in [0.4, 0.5) is 0 Å². The van der Waals surface area contributed by atoms with Crippen LogP contribution in [0, 0.1) is 0 Å².